The molecule has 0 aromatic carbocycles. The highest BCUT2D eigenvalue weighted by Crippen LogP contribution is 2.33. The van der Waals surface area contributed by atoms with Gasteiger partial charge in [0.1, 0.15) is 11.4 Å². The Labute approximate surface area is 340 Å². The number of hydrogen-bond acceptors (Lipinski definition) is 16. The predicted octanol–water partition coefficient (Wildman–Crippen LogP) is 5.14. The zero-order chi connectivity index (χ0) is 40.7. The van der Waals surface area contributed by atoms with Gasteiger partial charge in [-0.05, 0) is 19.1 Å². The molecule has 0 saturated carbocycles. The van der Waals surface area contributed by atoms with Crippen LogP contribution in [-0.2, 0) is 14.2 Å². The van der Waals surface area contributed by atoms with Crippen LogP contribution in [0.25, 0.3) is 11.3 Å². The van der Waals surface area contributed by atoms with Crippen LogP contribution < -0.4 is 29.9 Å². The molecule has 0 spiro atoms. The van der Waals surface area contributed by atoms with E-state index in [1.807, 2.05) is 16.7 Å². The van der Waals surface area contributed by atoms with E-state index in [-0.39, 0.29) is 16.9 Å². The number of aromatic nitrogens is 7. The van der Waals surface area contributed by atoms with Gasteiger partial charge in [0.25, 0.3) is 24.6 Å². The molecule has 3 aliphatic heterocycles. The van der Waals surface area contributed by atoms with Gasteiger partial charge in [0, 0.05) is 62.7 Å². The van der Waals surface area contributed by atoms with E-state index in [0.29, 0.717) is 98.9 Å². The number of rotatable bonds is 10. The summed E-state index contributed by atoms with van der Waals surface area (Å²) in [5, 5.41) is 23.8. The lowest BCUT2D eigenvalue weighted by Crippen LogP contribution is -2.36. The van der Waals surface area contributed by atoms with Gasteiger partial charge in [-0.2, -0.15) is 0 Å². The Hall–Kier alpha value is -4.34. The molecule has 0 unspecified atom stereocenters. The van der Waals surface area contributed by atoms with Crippen LogP contribution >= 0.6 is 34.8 Å². The monoisotopic (exact) mass is 863 g/mol. The lowest BCUT2D eigenvalue weighted by molar-refractivity contribution is 0.0786. The summed E-state index contributed by atoms with van der Waals surface area (Å²) in [5.74, 6) is 0.155. The van der Waals surface area contributed by atoms with Crippen LogP contribution in [0.4, 0.5) is 40.3 Å². The molecular formula is C34H40Cl3F4N11O5. The highest BCUT2D eigenvalue weighted by Gasteiger charge is 2.22. The van der Waals surface area contributed by atoms with Crippen molar-refractivity contribution in [1.82, 2.24) is 35.6 Å². The zero-order valence-electron chi connectivity index (χ0n) is 30.7. The second-order valence-electron chi connectivity index (χ2n) is 12.2. The number of halogens is 7. The number of hydrogen-bond donors (Lipinski definition) is 1. The third kappa shape index (κ3) is 13.4. The van der Waals surface area contributed by atoms with Crippen molar-refractivity contribution in [2.24, 2.45) is 0 Å². The molecule has 4 aromatic heterocycles. The van der Waals surface area contributed by atoms with Crippen molar-refractivity contribution in [3.8, 4) is 23.0 Å². The minimum Gasteiger partial charge on any atom is -0.469 e. The van der Waals surface area contributed by atoms with E-state index in [9.17, 15) is 17.6 Å². The second-order valence-corrected chi connectivity index (χ2v) is 13.4. The summed E-state index contributed by atoms with van der Waals surface area (Å²) in [6, 6.07) is 6.81. The SMILES string of the molecule is Cc1ncc(N)cc1-c1cc(N2CCOCC2)c(OCC(F)F)nn1.Clc1cc(N2CCOCC2)c(Cl)nn1.FC(F)COc1nnc(Cl)cc1N1CCOCC1. The van der Waals surface area contributed by atoms with Crippen LogP contribution in [0.3, 0.4) is 0 Å². The van der Waals surface area contributed by atoms with Gasteiger partial charge in [0.2, 0.25) is 0 Å². The van der Waals surface area contributed by atoms with Gasteiger partial charge in [-0.1, -0.05) is 34.8 Å². The smallest absolute Gasteiger partial charge is 0.272 e. The number of nitrogens with two attached hydrogens (primary N) is 1. The molecule has 16 nitrogen and oxygen atoms in total. The molecule has 0 amide bonds. The fourth-order valence-corrected chi connectivity index (χ4v) is 6.07. The maximum absolute atomic E-state index is 12.5. The van der Waals surface area contributed by atoms with Crippen molar-refractivity contribution < 1.29 is 41.2 Å². The molecule has 2 N–H and O–H groups in total. The number of anilines is 4. The summed E-state index contributed by atoms with van der Waals surface area (Å²) in [6.45, 7) is 8.13. The molecule has 7 rings (SSSR count). The number of morpholine rings is 3. The van der Waals surface area contributed by atoms with Crippen LogP contribution in [0.5, 0.6) is 11.8 Å². The zero-order valence-corrected chi connectivity index (χ0v) is 32.9. The molecule has 0 atom stereocenters. The summed E-state index contributed by atoms with van der Waals surface area (Å²) < 4.78 is 75.2. The van der Waals surface area contributed by atoms with Crippen molar-refractivity contribution in [3.05, 3.63) is 51.6 Å². The third-order valence-electron chi connectivity index (χ3n) is 8.28. The van der Waals surface area contributed by atoms with E-state index >= 15 is 0 Å². The third-order valence-corrected chi connectivity index (χ3v) is 8.92. The van der Waals surface area contributed by atoms with E-state index in [1.54, 1.807) is 30.5 Å². The summed E-state index contributed by atoms with van der Waals surface area (Å²) >= 11 is 17.4. The highest BCUT2D eigenvalue weighted by atomic mass is 35.5. The Bertz CT molecular complexity index is 1880. The Kier molecular flexibility index (Phi) is 16.9. The lowest BCUT2D eigenvalue weighted by atomic mass is 10.1. The van der Waals surface area contributed by atoms with Crippen LogP contribution in [0.1, 0.15) is 5.69 Å². The van der Waals surface area contributed by atoms with Crippen LogP contribution in [0.15, 0.2) is 30.5 Å². The first-order chi connectivity index (χ1) is 27.5. The molecule has 0 aliphatic carbocycles. The number of ether oxygens (including phenoxy) is 5. The number of nitrogens with zero attached hydrogens (tertiary/aromatic N) is 10. The summed E-state index contributed by atoms with van der Waals surface area (Å²) in [4.78, 5) is 10.2. The number of nitrogen functional groups attached to an aromatic ring is 1. The lowest BCUT2D eigenvalue weighted by Gasteiger charge is -2.29. The fourth-order valence-electron chi connectivity index (χ4n) is 5.58. The van der Waals surface area contributed by atoms with Crippen molar-refractivity contribution in [2.45, 2.75) is 19.8 Å². The largest absolute Gasteiger partial charge is 0.469 e. The van der Waals surface area contributed by atoms with Gasteiger partial charge in [-0.3, -0.25) is 4.98 Å². The molecule has 310 valence electrons. The minimum absolute atomic E-state index is 0.0709. The molecule has 0 bridgehead atoms. The van der Waals surface area contributed by atoms with Crippen LogP contribution in [-0.4, -0.2) is 141 Å². The molecule has 3 aliphatic rings. The second kappa shape index (κ2) is 22.0. The van der Waals surface area contributed by atoms with E-state index in [1.165, 1.54) is 0 Å². The summed E-state index contributed by atoms with van der Waals surface area (Å²) in [7, 11) is 0. The fraction of sp³-hybridized carbons (Fsp3) is 0.500. The Balaban J connectivity index is 0.000000171. The average molecular weight is 865 g/mol. The number of alkyl halides is 4. The molecule has 57 heavy (non-hydrogen) atoms. The topological polar surface area (TPSA) is 172 Å². The number of pyridine rings is 1. The Morgan fingerprint density at radius 1 is 0.632 bits per heavy atom. The molecule has 3 fully saturated rings. The minimum atomic E-state index is -2.58. The molecule has 0 radical (unpaired) electrons. The van der Waals surface area contributed by atoms with Crippen molar-refractivity contribution in [3.63, 3.8) is 0 Å². The van der Waals surface area contributed by atoms with Gasteiger partial charge in [0.05, 0.1) is 62.9 Å². The van der Waals surface area contributed by atoms with Gasteiger partial charge in [-0.25, -0.2) is 17.6 Å². The maximum Gasteiger partial charge on any atom is 0.272 e. The summed E-state index contributed by atoms with van der Waals surface area (Å²) in [5.41, 5.74) is 10.4. The van der Waals surface area contributed by atoms with Gasteiger partial charge >= 0.3 is 0 Å². The van der Waals surface area contributed by atoms with Gasteiger partial charge in [0.15, 0.2) is 28.7 Å². The van der Waals surface area contributed by atoms with E-state index in [0.717, 1.165) is 30.0 Å². The molecule has 3 saturated heterocycles. The first-order valence-electron chi connectivity index (χ1n) is 17.6. The molecule has 23 heteroatoms. The van der Waals surface area contributed by atoms with Crippen molar-refractivity contribution in [2.75, 3.05) is 113 Å². The highest BCUT2D eigenvalue weighted by molar-refractivity contribution is 6.33. The Morgan fingerprint density at radius 2 is 1.07 bits per heavy atom. The Morgan fingerprint density at radius 3 is 1.58 bits per heavy atom. The quantitative estimate of drug-likeness (QED) is 0.208. The van der Waals surface area contributed by atoms with Crippen LogP contribution in [0.2, 0.25) is 15.5 Å². The van der Waals surface area contributed by atoms with Gasteiger partial charge < -0.3 is 44.1 Å². The first kappa shape index (κ1) is 43.8. The van der Waals surface area contributed by atoms with Crippen LogP contribution in [0, 0.1) is 6.92 Å². The number of aryl methyl sites for hydroxylation is 1. The molecule has 4 aromatic rings. The molecule has 7 heterocycles. The van der Waals surface area contributed by atoms with Gasteiger partial charge in [-0.15, -0.1) is 30.6 Å². The standard InChI is InChI=1S/C16H19F2N5O2.C10H12ClF2N3O2.C8H9Cl2N3O/c1-10-12(6-11(19)8-20-10)13-7-14(23-2-4-24-5-3-23)16(22-21-13)25-9-15(17)18;11-8-5-7(16-1-3-17-4-2-16)10(15-14-8)18-6-9(12)13;9-7-5-6(8(10)12-11-7)13-1-3-14-4-2-13/h6-8,15H,2-5,9,19H2,1H3;5,9H,1-4,6H2;5H,1-4H2. The normalized spacial score (nSPS) is 15.8. The summed E-state index contributed by atoms with van der Waals surface area (Å²) in [6.07, 6.45) is -3.57. The van der Waals surface area contributed by atoms with E-state index < -0.39 is 26.1 Å². The van der Waals surface area contributed by atoms with E-state index in [4.69, 9.17) is 64.2 Å². The van der Waals surface area contributed by atoms with Crippen molar-refractivity contribution in [1.29, 1.82) is 0 Å². The first-order valence-corrected chi connectivity index (χ1v) is 18.7. The average Bonchev–Trinajstić information content (AvgIpc) is 3.22. The van der Waals surface area contributed by atoms with Crippen molar-refractivity contribution >= 4 is 57.6 Å². The maximum atomic E-state index is 12.5. The predicted molar refractivity (Wildman–Crippen MR) is 206 cm³/mol. The van der Waals surface area contributed by atoms with E-state index in [2.05, 4.69) is 40.5 Å². The molecular weight excluding hydrogens is 825 g/mol.